The lowest BCUT2D eigenvalue weighted by molar-refractivity contribution is 0.467. The molecule has 0 bridgehead atoms. The van der Waals surface area contributed by atoms with Crippen molar-refractivity contribution in [3.63, 3.8) is 0 Å². The first kappa shape index (κ1) is 15.6. The Hall–Kier alpha value is -1.29. The maximum Gasteiger partial charge on any atom is 0.218 e. The third-order valence-electron chi connectivity index (χ3n) is 4.41. The first-order valence-electron chi connectivity index (χ1n) is 7.46. The summed E-state index contributed by atoms with van der Waals surface area (Å²) in [5, 5.41) is 9.33. The zero-order valence-electron chi connectivity index (χ0n) is 12.2. The van der Waals surface area contributed by atoms with Crippen molar-refractivity contribution in [1.29, 1.82) is 5.26 Å². The highest BCUT2D eigenvalue weighted by atomic mass is 35.5. The lowest BCUT2D eigenvalue weighted by Crippen LogP contribution is -2.38. The molecule has 1 aromatic rings. The number of hydrogen-bond donors (Lipinski definition) is 0. The van der Waals surface area contributed by atoms with E-state index in [0.29, 0.717) is 48.9 Å². The molecule has 0 spiro atoms. The highest BCUT2D eigenvalue weighted by Crippen LogP contribution is 2.34. The Kier molecular flexibility index (Phi) is 4.31. The van der Waals surface area contributed by atoms with Crippen LogP contribution in [0.2, 0.25) is 5.02 Å². The maximum absolute atomic E-state index is 12.7. The van der Waals surface area contributed by atoms with Crippen LogP contribution in [-0.4, -0.2) is 44.2 Å². The molecule has 0 unspecified atom stereocenters. The van der Waals surface area contributed by atoms with Gasteiger partial charge in [-0.05, 0) is 31.4 Å². The van der Waals surface area contributed by atoms with Crippen molar-refractivity contribution >= 4 is 27.3 Å². The lowest BCUT2D eigenvalue weighted by atomic mass is 10.2. The summed E-state index contributed by atoms with van der Waals surface area (Å²) in [4.78, 5) is 1.93. The van der Waals surface area contributed by atoms with E-state index in [1.807, 2.05) is 4.90 Å². The summed E-state index contributed by atoms with van der Waals surface area (Å²) in [6, 6.07) is 7.32. The molecule has 0 aliphatic carbocycles. The number of sulfonamides is 1. The highest BCUT2D eigenvalue weighted by molar-refractivity contribution is 7.89. The molecule has 7 heteroatoms. The van der Waals surface area contributed by atoms with Crippen LogP contribution in [0.3, 0.4) is 0 Å². The van der Waals surface area contributed by atoms with E-state index < -0.39 is 15.3 Å². The standard InChI is InChI=1S/C15H18ClN3O2S/c16-14-5-3-4-12(10-17)15(14)18-9-6-13(11-18)22(20,21)19-7-1-2-8-19/h3-5,13H,1-2,6-9,11H2/t13-/m0/s1. The third kappa shape index (κ3) is 2.69. The van der Waals surface area contributed by atoms with Gasteiger partial charge in [0.05, 0.1) is 21.5 Å². The van der Waals surface area contributed by atoms with Gasteiger partial charge in [-0.1, -0.05) is 17.7 Å². The smallest absolute Gasteiger partial charge is 0.218 e. The van der Waals surface area contributed by atoms with E-state index in [-0.39, 0.29) is 0 Å². The molecule has 2 aliphatic rings. The number of rotatable bonds is 3. The SMILES string of the molecule is N#Cc1cccc(Cl)c1N1CC[C@H](S(=O)(=O)N2CCCC2)C1. The molecule has 3 rings (SSSR count). The summed E-state index contributed by atoms with van der Waals surface area (Å²) in [6.07, 6.45) is 2.46. The van der Waals surface area contributed by atoms with Crippen molar-refractivity contribution in [2.45, 2.75) is 24.5 Å². The fraction of sp³-hybridized carbons (Fsp3) is 0.533. The van der Waals surface area contributed by atoms with Crippen LogP contribution in [0.25, 0.3) is 0 Å². The lowest BCUT2D eigenvalue weighted by Gasteiger charge is -2.23. The molecule has 0 radical (unpaired) electrons. The van der Waals surface area contributed by atoms with E-state index in [0.717, 1.165) is 12.8 Å². The minimum absolute atomic E-state index is 0.400. The number of para-hydroxylation sites is 1. The van der Waals surface area contributed by atoms with Crippen LogP contribution < -0.4 is 4.90 Å². The normalized spacial score (nSPS) is 22.9. The van der Waals surface area contributed by atoms with Crippen molar-refractivity contribution in [1.82, 2.24) is 4.31 Å². The van der Waals surface area contributed by atoms with Gasteiger partial charge in [0.25, 0.3) is 0 Å². The second-order valence-corrected chi connectivity index (χ2v) is 8.38. The number of nitrogens with zero attached hydrogens (tertiary/aromatic N) is 3. The van der Waals surface area contributed by atoms with E-state index in [4.69, 9.17) is 11.6 Å². The fourth-order valence-electron chi connectivity index (χ4n) is 3.25. The Bertz CT molecular complexity index is 708. The Labute approximate surface area is 136 Å². The van der Waals surface area contributed by atoms with Gasteiger partial charge in [-0.25, -0.2) is 12.7 Å². The summed E-state index contributed by atoms with van der Waals surface area (Å²) in [6.45, 7) is 2.27. The summed E-state index contributed by atoms with van der Waals surface area (Å²) >= 11 is 6.22. The summed E-state index contributed by atoms with van der Waals surface area (Å²) in [5.41, 5.74) is 1.15. The van der Waals surface area contributed by atoms with Gasteiger partial charge < -0.3 is 4.90 Å². The summed E-state index contributed by atoms with van der Waals surface area (Å²) in [7, 11) is -3.25. The second kappa shape index (κ2) is 6.07. The predicted octanol–water partition coefficient (Wildman–Crippen LogP) is 2.22. The minimum atomic E-state index is -3.25. The molecule has 2 heterocycles. The average Bonchev–Trinajstić information content (AvgIpc) is 3.18. The van der Waals surface area contributed by atoms with E-state index in [9.17, 15) is 13.7 Å². The van der Waals surface area contributed by atoms with Gasteiger partial charge in [-0.2, -0.15) is 5.26 Å². The number of hydrogen-bond acceptors (Lipinski definition) is 4. The summed E-state index contributed by atoms with van der Waals surface area (Å²) in [5.74, 6) is 0. The van der Waals surface area contributed by atoms with Crippen LogP contribution in [0.5, 0.6) is 0 Å². The molecule has 2 fully saturated rings. The number of halogens is 1. The van der Waals surface area contributed by atoms with Gasteiger partial charge in [-0.15, -0.1) is 0 Å². The molecule has 0 saturated carbocycles. The maximum atomic E-state index is 12.7. The fourth-order valence-corrected chi connectivity index (χ4v) is 5.51. The Morgan fingerprint density at radius 1 is 1.23 bits per heavy atom. The third-order valence-corrected chi connectivity index (χ3v) is 7.03. The minimum Gasteiger partial charge on any atom is -0.368 e. The van der Waals surface area contributed by atoms with E-state index in [1.54, 1.807) is 22.5 Å². The molecule has 2 aliphatic heterocycles. The quantitative estimate of drug-likeness (QED) is 0.847. The van der Waals surface area contributed by atoms with Crippen molar-refractivity contribution in [2.24, 2.45) is 0 Å². The van der Waals surface area contributed by atoms with Gasteiger partial charge in [0.2, 0.25) is 10.0 Å². The van der Waals surface area contributed by atoms with Crippen LogP contribution in [0.4, 0.5) is 5.69 Å². The molecule has 2 saturated heterocycles. The monoisotopic (exact) mass is 339 g/mol. The molecule has 1 aromatic carbocycles. The van der Waals surface area contributed by atoms with Crippen LogP contribution >= 0.6 is 11.6 Å². The van der Waals surface area contributed by atoms with Crippen LogP contribution in [0, 0.1) is 11.3 Å². The number of nitriles is 1. The van der Waals surface area contributed by atoms with E-state index in [1.165, 1.54) is 0 Å². The molecular weight excluding hydrogens is 322 g/mol. The molecule has 5 nitrogen and oxygen atoms in total. The Balaban J connectivity index is 1.83. The number of anilines is 1. The summed E-state index contributed by atoms with van der Waals surface area (Å²) < 4.78 is 26.9. The van der Waals surface area contributed by atoms with Gasteiger partial charge in [0.1, 0.15) is 6.07 Å². The van der Waals surface area contributed by atoms with Crippen molar-refractivity contribution in [3.05, 3.63) is 28.8 Å². The molecule has 118 valence electrons. The van der Waals surface area contributed by atoms with Gasteiger partial charge in [-0.3, -0.25) is 0 Å². The van der Waals surface area contributed by atoms with E-state index >= 15 is 0 Å². The van der Waals surface area contributed by atoms with Crippen molar-refractivity contribution in [3.8, 4) is 6.07 Å². The largest absolute Gasteiger partial charge is 0.368 e. The molecular formula is C15H18ClN3O2S. The van der Waals surface area contributed by atoms with Crippen LogP contribution in [0.1, 0.15) is 24.8 Å². The van der Waals surface area contributed by atoms with Gasteiger partial charge in [0, 0.05) is 26.2 Å². The van der Waals surface area contributed by atoms with Crippen molar-refractivity contribution < 1.29 is 8.42 Å². The molecule has 22 heavy (non-hydrogen) atoms. The van der Waals surface area contributed by atoms with Crippen LogP contribution in [-0.2, 0) is 10.0 Å². The first-order chi connectivity index (χ1) is 10.5. The zero-order chi connectivity index (χ0) is 15.7. The van der Waals surface area contributed by atoms with Crippen molar-refractivity contribution in [2.75, 3.05) is 31.1 Å². The van der Waals surface area contributed by atoms with E-state index in [2.05, 4.69) is 6.07 Å². The topological polar surface area (TPSA) is 64.4 Å². The van der Waals surface area contributed by atoms with Gasteiger partial charge >= 0.3 is 0 Å². The van der Waals surface area contributed by atoms with Crippen LogP contribution in [0.15, 0.2) is 18.2 Å². The molecule has 0 amide bonds. The first-order valence-corrected chi connectivity index (χ1v) is 9.34. The molecule has 0 aromatic heterocycles. The molecule has 0 N–H and O–H groups in total. The molecule has 1 atom stereocenters. The average molecular weight is 340 g/mol. The zero-order valence-corrected chi connectivity index (χ0v) is 13.8. The number of benzene rings is 1. The Morgan fingerprint density at radius 3 is 2.64 bits per heavy atom. The van der Waals surface area contributed by atoms with Gasteiger partial charge in [0.15, 0.2) is 0 Å². The Morgan fingerprint density at radius 2 is 1.95 bits per heavy atom. The second-order valence-electron chi connectivity index (χ2n) is 5.76. The highest BCUT2D eigenvalue weighted by Gasteiger charge is 2.39. The predicted molar refractivity (Wildman–Crippen MR) is 86.5 cm³/mol.